The molecule has 116 valence electrons. The van der Waals surface area contributed by atoms with Crippen molar-refractivity contribution in [1.82, 2.24) is 9.78 Å². The summed E-state index contributed by atoms with van der Waals surface area (Å²) in [6.07, 6.45) is 8.08. The summed E-state index contributed by atoms with van der Waals surface area (Å²) >= 11 is 0. The molecule has 0 unspecified atom stereocenters. The highest BCUT2D eigenvalue weighted by Crippen LogP contribution is 2.39. The lowest BCUT2D eigenvalue weighted by Gasteiger charge is -2.30. The van der Waals surface area contributed by atoms with Crippen LogP contribution in [0.1, 0.15) is 56.7 Å². The first kappa shape index (κ1) is 13.8. The van der Waals surface area contributed by atoms with Crippen LogP contribution in [-0.4, -0.2) is 21.1 Å². The number of hydrogen-bond donors (Lipinski definition) is 0. The molecule has 4 heteroatoms. The molecule has 1 spiro atoms. The zero-order valence-corrected chi connectivity index (χ0v) is 13.4. The molecule has 4 nitrogen and oxygen atoms in total. The Morgan fingerprint density at radius 1 is 1.23 bits per heavy atom. The van der Waals surface area contributed by atoms with Crippen molar-refractivity contribution in [3.63, 3.8) is 0 Å². The van der Waals surface area contributed by atoms with Crippen molar-refractivity contribution in [2.45, 2.75) is 57.5 Å². The molecule has 0 atom stereocenters. The van der Waals surface area contributed by atoms with Crippen LogP contribution in [0.15, 0.2) is 23.4 Å². The molecule has 0 amide bonds. The van der Waals surface area contributed by atoms with Crippen LogP contribution in [0.4, 0.5) is 0 Å². The number of aryl methyl sites for hydroxylation is 2. The van der Waals surface area contributed by atoms with Crippen molar-refractivity contribution in [1.29, 1.82) is 0 Å². The first-order chi connectivity index (χ1) is 10.7. The highest BCUT2D eigenvalue weighted by molar-refractivity contribution is 6.04. The van der Waals surface area contributed by atoms with Gasteiger partial charge in [-0.15, -0.1) is 0 Å². The molecule has 2 aliphatic rings. The Morgan fingerprint density at radius 2 is 2.05 bits per heavy atom. The van der Waals surface area contributed by atoms with Crippen molar-refractivity contribution in [3.8, 4) is 0 Å². The molecule has 4 rings (SSSR count). The van der Waals surface area contributed by atoms with Gasteiger partial charge in [-0.25, -0.2) is 0 Å². The molecule has 1 aliphatic heterocycles. The van der Waals surface area contributed by atoms with Crippen LogP contribution in [0.25, 0.3) is 10.9 Å². The van der Waals surface area contributed by atoms with Crippen molar-refractivity contribution >= 4 is 16.6 Å². The Bertz CT molecular complexity index is 738. The van der Waals surface area contributed by atoms with Crippen LogP contribution in [-0.2, 0) is 18.3 Å². The second-order valence-corrected chi connectivity index (χ2v) is 6.71. The van der Waals surface area contributed by atoms with Crippen LogP contribution in [0.3, 0.4) is 0 Å². The maximum Gasteiger partial charge on any atom is 0.143 e. The average molecular weight is 297 g/mol. The fourth-order valence-corrected chi connectivity index (χ4v) is 3.91. The Labute approximate surface area is 131 Å². The molecule has 0 radical (unpaired) electrons. The standard InChI is InChI=1S/C18H23N3O/c1-3-15-14-8-7-13(11-17(14)21(2)19-15)16-12-18(22-20-16)9-5-4-6-10-18/h7-8,11H,3-6,9-10,12H2,1-2H3. The zero-order chi connectivity index (χ0) is 15.2. The van der Waals surface area contributed by atoms with Gasteiger partial charge in [0.05, 0.1) is 16.9 Å². The topological polar surface area (TPSA) is 39.4 Å². The molecular formula is C18H23N3O. The lowest BCUT2D eigenvalue weighted by Crippen LogP contribution is -2.31. The third-order valence-electron chi connectivity index (χ3n) is 5.20. The number of oxime groups is 1. The van der Waals surface area contributed by atoms with E-state index in [9.17, 15) is 0 Å². The van der Waals surface area contributed by atoms with Gasteiger partial charge in [-0.2, -0.15) is 5.10 Å². The number of benzene rings is 1. The quantitative estimate of drug-likeness (QED) is 0.841. The predicted molar refractivity (Wildman–Crippen MR) is 88.1 cm³/mol. The van der Waals surface area contributed by atoms with Gasteiger partial charge in [-0.3, -0.25) is 4.68 Å². The second-order valence-electron chi connectivity index (χ2n) is 6.71. The molecule has 22 heavy (non-hydrogen) atoms. The fraction of sp³-hybridized carbons (Fsp3) is 0.556. The van der Waals surface area contributed by atoms with Crippen LogP contribution < -0.4 is 0 Å². The molecule has 0 bridgehead atoms. The molecule has 1 aromatic heterocycles. The fourth-order valence-electron chi connectivity index (χ4n) is 3.91. The third-order valence-corrected chi connectivity index (χ3v) is 5.20. The first-order valence-corrected chi connectivity index (χ1v) is 8.42. The Balaban J connectivity index is 1.66. The van der Waals surface area contributed by atoms with E-state index in [-0.39, 0.29) is 5.60 Å². The van der Waals surface area contributed by atoms with Crippen LogP contribution in [0.5, 0.6) is 0 Å². The number of nitrogens with zero attached hydrogens (tertiary/aromatic N) is 3. The van der Waals surface area contributed by atoms with Crippen LogP contribution in [0, 0.1) is 0 Å². The SMILES string of the molecule is CCc1nn(C)c2cc(C3=NOC4(CCCCC4)C3)ccc12. The minimum Gasteiger partial charge on any atom is -0.389 e. The lowest BCUT2D eigenvalue weighted by atomic mass is 9.81. The molecule has 2 heterocycles. The highest BCUT2D eigenvalue weighted by Gasteiger charge is 2.40. The van der Waals surface area contributed by atoms with Gasteiger partial charge in [0.25, 0.3) is 0 Å². The predicted octanol–water partition coefficient (Wildman–Crippen LogP) is 3.96. The second kappa shape index (κ2) is 5.11. The van der Waals surface area contributed by atoms with E-state index in [4.69, 9.17) is 4.84 Å². The molecule has 0 N–H and O–H groups in total. The van der Waals surface area contributed by atoms with E-state index in [1.54, 1.807) is 0 Å². The van der Waals surface area contributed by atoms with E-state index in [0.29, 0.717) is 0 Å². The maximum atomic E-state index is 5.88. The van der Waals surface area contributed by atoms with Gasteiger partial charge in [0.2, 0.25) is 0 Å². The Hall–Kier alpha value is -1.84. The lowest BCUT2D eigenvalue weighted by molar-refractivity contribution is -0.0449. The van der Waals surface area contributed by atoms with Gasteiger partial charge < -0.3 is 4.84 Å². The summed E-state index contributed by atoms with van der Waals surface area (Å²) in [5, 5.41) is 10.3. The normalized spacial score (nSPS) is 20.4. The first-order valence-electron chi connectivity index (χ1n) is 8.42. The van der Waals surface area contributed by atoms with Gasteiger partial charge in [-0.05, 0) is 38.2 Å². The van der Waals surface area contributed by atoms with Gasteiger partial charge in [0.15, 0.2) is 0 Å². The Morgan fingerprint density at radius 3 is 2.82 bits per heavy atom. The van der Waals surface area contributed by atoms with E-state index in [1.165, 1.54) is 35.7 Å². The van der Waals surface area contributed by atoms with E-state index < -0.39 is 0 Å². The summed E-state index contributed by atoms with van der Waals surface area (Å²) in [5.41, 5.74) is 4.62. The summed E-state index contributed by atoms with van der Waals surface area (Å²) in [4.78, 5) is 5.88. The van der Waals surface area contributed by atoms with Crippen molar-refractivity contribution in [2.24, 2.45) is 12.2 Å². The van der Waals surface area contributed by atoms with E-state index >= 15 is 0 Å². The largest absolute Gasteiger partial charge is 0.389 e. The zero-order valence-electron chi connectivity index (χ0n) is 13.4. The summed E-state index contributed by atoms with van der Waals surface area (Å²) in [6, 6.07) is 6.57. The monoisotopic (exact) mass is 297 g/mol. The van der Waals surface area contributed by atoms with Gasteiger partial charge in [-0.1, -0.05) is 30.6 Å². The van der Waals surface area contributed by atoms with Crippen molar-refractivity contribution < 1.29 is 4.84 Å². The number of rotatable bonds is 2. The molecular weight excluding hydrogens is 274 g/mol. The summed E-state index contributed by atoms with van der Waals surface area (Å²) < 4.78 is 1.98. The van der Waals surface area contributed by atoms with Crippen LogP contribution in [0.2, 0.25) is 0 Å². The molecule has 1 aliphatic carbocycles. The van der Waals surface area contributed by atoms with E-state index in [1.807, 2.05) is 11.7 Å². The van der Waals surface area contributed by atoms with Gasteiger partial charge in [0, 0.05) is 24.4 Å². The van der Waals surface area contributed by atoms with E-state index in [0.717, 1.165) is 37.1 Å². The molecule has 1 fully saturated rings. The van der Waals surface area contributed by atoms with Gasteiger partial charge in [0.1, 0.15) is 5.60 Å². The average Bonchev–Trinajstić information content (AvgIpc) is 3.10. The molecule has 1 aromatic carbocycles. The van der Waals surface area contributed by atoms with Gasteiger partial charge >= 0.3 is 0 Å². The smallest absolute Gasteiger partial charge is 0.143 e. The minimum atomic E-state index is -0.0103. The maximum absolute atomic E-state index is 5.88. The number of fused-ring (bicyclic) bond motifs is 1. The van der Waals surface area contributed by atoms with Crippen molar-refractivity contribution in [2.75, 3.05) is 0 Å². The highest BCUT2D eigenvalue weighted by atomic mass is 16.7. The minimum absolute atomic E-state index is 0.0103. The third kappa shape index (κ3) is 2.13. The molecule has 0 saturated heterocycles. The Kier molecular flexibility index (Phi) is 3.21. The van der Waals surface area contributed by atoms with E-state index in [2.05, 4.69) is 35.4 Å². The number of hydrogen-bond acceptors (Lipinski definition) is 3. The number of aromatic nitrogens is 2. The van der Waals surface area contributed by atoms with Crippen molar-refractivity contribution in [3.05, 3.63) is 29.5 Å². The summed E-state index contributed by atoms with van der Waals surface area (Å²) in [5.74, 6) is 0. The summed E-state index contributed by atoms with van der Waals surface area (Å²) in [6.45, 7) is 2.15. The van der Waals surface area contributed by atoms with Crippen LogP contribution >= 0.6 is 0 Å². The summed E-state index contributed by atoms with van der Waals surface area (Å²) in [7, 11) is 2.01. The molecule has 1 saturated carbocycles. The molecule has 2 aromatic rings.